The second-order valence-electron chi connectivity index (χ2n) is 8.69. The summed E-state index contributed by atoms with van der Waals surface area (Å²) in [7, 11) is 0. The quantitative estimate of drug-likeness (QED) is 0.407. The molecule has 0 unspecified atom stereocenters. The van der Waals surface area contributed by atoms with Crippen molar-refractivity contribution >= 4 is 0 Å². The topological polar surface area (TPSA) is 0 Å². The van der Waals surface area contributed by atoms with Gasteiger partial charge in [0.05, 0.1) is 0 Å². The van der Waals surface area contributed by atoms with Crippen LogP contribution >= 0.6 is 0 Å². The Bertz CT molecular complexity index is 195. The summed E-state index contributed by atoms with van der Waals surface area (Å²) in [6.07, 6.45) is 10.0. The summed E-state index contributed by atoms with van der Waals surface area (Å²) in [5.74, 6) is 0. The third kappa shape index (κ3) is 239. The molecule has 122 valence electrons. The van der Waals surface area contributed by atoms with E-state index in [1.807, 2.05) is 12.2 Å². The summed E-state index contributed by atoms with van der Waals surface area (Å²) in [4.78, 5) is 0. The molecule has 0 spiro atoms. The normalized spacial score (nSPS) is 12.8. The minimum atomic E-state index is 0. The van der Waals surface area contributed by atoms with E-state index in [1.54, 1.807) is 0 Å². The summed E-state index contributed by atoms with van der Waals surface area (Å²) < 4.78 is 0. The summed E-state index contributed by atoms with van der Waals surface area (Å²) in [5, 5.41) is 0. The smallest absolute Gasteiger partial charge is 0.338 e. The van der Waals surface area contributed by atoms with Gasteiger partial charge in [-0.1, -0.05) is 62.3 Å². The molecule has 0 aromatic heterocycles. The zero-order valence-electron chi connectivity index (χ0n) is 16.1. The van der Waals surface area contributed by atoms with Crippen LogP contribution in [0.4, 0.5) is 0 Å². The van der Waals surface area contributed by atoms with Crippen LogP contribution in [-0.2, 0) is 26.2 Å². The van der Waals surface area contributed by atoms with E-state index in [2.05, 4.69) is 95.2 Å². The third-order valence-electron chi connectivity index (χ3n) is 0.586. The van der Waals surface area contributed by atoms with Gasteiger partial charge in [-0.05, 0) is 0 Å². The first-order valence-electron chi connectivity index (χ1n) is 7.28. The molecule has 1 aliphatic rings. The van der Waals surface area contributed by atoms with E-state index in [1.165, 1.54) is 0 Å². The molecule has 0 nitrogen and oxygen atoms in total. The van der Waals surface area contributed by atoms with Crippen molar-refractivity contribution in [1.82, 2.24) is 0 Å². The fraction of sp³-hybridized carbons (Fsp3) is 0.650. The van der Waals surface area contributed by atoms with Gasteiger partial charge in [0.25, 0.3) is 0 Å². The summed E-state index contributed by atoms with van der Waals surface area (Å²) in [5.41, 5.74) is 0.750. The van der Waals surface area contributed by atoms with E-state index in [0.29, 0.717) is 0 Å². The van der Waals surface area contributed by atoms with Crippen LogP contribution in [0.1, 0.15) is 68.7 Å². The van der Waals surface area contributed by atoms with Crippen molar-refractivity contribution in [2.45, 2.75) is 68.7 Å². The van der Waals surface area contributed by atoms with E-state index >= 15 is 0 Å². The number of hydrogen-bond donors (Lipinski definition) is 0. The first kappa shape index (κ1) is 29.4. The van der Waals surface area contributed by atoms with Crippen LogP contribution in [0.15, 0.2) is 18.2 Å². The molecule has 0 heterocycles. The van der Waals surface area contributed by atoms with Crippen LogP contribution in [-0.4, -0.2) is 0 Å². The van der Waals surface area contributed by atoms with Gasteiger partial charge in [0.15, 0.2) is 0 Å². The summed E-state index contributed by atoms with van der Waals surface area (Å²) >= 11 is 0. The maximum Gasteiger partial charge on any atom is 4.00 e. The number of hydrogen-bond acceptors (Lipinski definition) is 0. The monoisotopic (exact) mass is 368 g/mol. The number of allylic oxidation sites excluding steroid dienone is 4. The molecule has 0 radical (unpaired) electrons. The van der Waals surface area contributed by atoms with Crippen LogP contribution in [0.2, 0.25) is 0 Å². The molecular formula is C20H38Zr. The summed E-state index contributed by atoms with van der Waals surface area (Å²) in [6.45, 7) is 30.0. The standard InChI is InChI=1S/C5H5.3C5H11.Zr/c1-2-4-5-3-1;3*1-5(2,3)4;/h1-3H,4H2;3*1H2,2-4H3;/q4*-1;+4. The molecule has 1 aliphatic carbocycles. The SMILES string of the molecule is [C-]1=CC=CC1.[CH2-]C(C)(C)C.[CH2-]C(C)(C)C.[CH2-]C(C)(C)C.[Zr+4]. The minimum absolute atomic E-state index is 0. The molecule has 1 heteroatoms. The molecule has 0 aliphatic heterocycles. The van der Waals surface area contributed by atoms with Crippen LogP contribution < -0.4 is 0 Å². The van der Waals surface area contributed by atoms with Gasteiger partial charge in [-0.15, -0.1) is 6.42 Å². The molecule has 0 amide bonds. The molecule has 0 saturated carbocycles. The molecule has 0 bridgehead atoms. The first-order valence-corrected chi connectivity index (χ1v) is 7.28. The van der Waals surface area contributed by atoms with Gasteiger partial charge in [0.1, 0.15) is 0 Å². The number of rotatable bonds is 0. The molecule has 0 saturated heterocycles. The first-order chi connectivity index (χ1) is 8.50. The van der Waals surface area contributed by atoms with Crippen molar-refractivity contribution in [3.8, 4) is 0 Å². The largest absolute Gasteiger partial charge is 4.00 e. The van der Waals surface area contributed by atoms with Gasteiger partial charge in [-0.25, -0.2) is 12.2 Å². The van der Waals surface area contributed by atoms with E-state index in [9.17, 15) is 0 Å². The molecule has 0 aromatic rings. The predicted octanol–water partition coefficient (Wildman–Crippen LogP) is 6.90. The summed E-state index contributed by atoms with van der Waals surface area (Å²) in [6, 6.07) is 0. The fourth-order valence-electron chi connectivity index (χ4n) is 0.340. The molecule has 0 atom stereocenters. The van der Waals surface area contributed by atoms with E-state index in [4.69, 9.17) is 0 Å². The Morgan fingerprint density at radius 2 is 0.952 bits per heavy atom. The molecule has 0 aromatic carbocycles. The fourth-order valence-corrected chi connectivity index (χ4v) is 0.340. The Morgan fingerprint density at radius 3 is 1.00 bits per heavy atom. The van der Waals surface area contributed by atoms with Crippen molar-refractivity contribution in [2.75, 3.05) is 0 Å². The molecular weight excluding hydrogens is 331 g/mol. The molecule has 1 rings (SSSR count). The van der Waals surface area contributed by atoms with E-state index < -0.39 is 0 Å². The van der Waals surface area contributed by atoms with E-state index in [0.717, 1.165) is 6.42 Å². The van der Waals surface area contributed by atoms with Crippen molar-refractivity contribution < 1.29 is 26.2 Å². The molecule has 0 N–H and O–H groups in total. The molecule has 0 fully saturated rings. The predicted molar refractivity (Wildman–Crippen MR) is 96.0 cm³/mol. The second kappa shape index (κ2) is 14.0. The Labute approximate surface area is 156 Å². The van der Waals surface area contributed by atoms with Crippen LogP contribution in [0.3, 0.4) is 0 Å². The average Bonchev–Trinajstić information content (AvgIpc) is 2.45. The maximum atomic E-state index is 3.77. The van der Waals surface area contributed by atoms with Crippen molar-refractivity contribution in [1.29, 1.82) is 0 Å². The Hall–Kier alpha value is 0.363. The van der Waals surface area contributed by atoms with Crippen molar-refractivity contribution in [3.05, 3.63) is 45.1 Å². The Morgan fingerprint density at radius 1 is 0.714 bits per heavy atom. The van der Waals surface area contributed by atoms with Crippen LogP contribution in [0.25, 0.3) is 0 Å². The average molecular weight is 370 g/mol. The zero-order valence-corrected chi connectivity index (χ0v) is 18.5. The van der Waals surface area contributed by atoms with Gasteiger partial charge < -0.3 is 20.8 Å². The van der Waals surface area contributed by atoms with Gasteiger partial charge in [0, 0.05) is 0 Å². The maximum absolute atomic E-state index is 3.77. The van der Waals surface area contributed by atoms with Crippen LogP contribution in [0, 0.1) is 43.1 Å². The zero-order chi connectivity index (χ0) is 17.0. The van der Waals surface area contributed by atoms with Gasteiger partial charge in [-0.3, -0.25) is 6.08 Å². The molecule has 21 heavy (non-hydrogen) atoms. The van der Waals surface area contributed by atoms with Gasteiger partial charge in [0.2, 0.25) is 0 Å². The van der Waals surface area contributed by atoms with Crippen molar-refractivity contribution in [3.63, 3.8) is 0 Å². The van der Waals surface area contributed by atoms with Crippen LogP contribution in [0.5, 0.6) is 0 Å². The van der Waals surface area contributed by atoms with Gasteiger partial charge >= 0.3 is 26.2 Å². The van der Waals surface area contributed by atoms with E-state index in [-0.39, 0.29) is 42.4 Å². The van der Waals surface area contributed by atoms with Gasteiger partial charge in [-0.2, -0.15) is 22.3 Å². The second-order valence-corrected chi connectivity index (χ2v) is 8.69. The Balaban J connectivity index is -0.0000000903. The van der Waals surface area contributed by atoms with Crippen molar-refractivity contribution in [2.24, 2.45) is 16.2 Å². The minimum Gasteiger partial charge on any atom is -0.338 e. The third-order valence-corrected chi connectivity index (χ3v) is 0.586. The Kier molecular flexibility index (Phi) is 19.6.